The molecule has 1 aliphatic rings. The van der Waals surface area contributed by atoms with Crippen molar-refractivity contribution < 1.29 is 4.74 Å². The van der Waals surface area contributed by atoms with Crippen molar-refractivity contribution in [2.45, 2.75) is 51.9 Å². The Morgan fingerprint density at radius 2 is 1.88 bits per heavy atom. The van der Waals surface area contributed by atoms with Gasteiger partial charge >= 0.3 is 0 Å². The van der Waals surface area contributed by atoms with Crippen molar-refractivity contribution in [1.29, 1.82) is 0 Å². The lowest BCUT2D eigenvalue weighted by Gasteiger charge is -2.30. The van der Waals surface area contributed by atoms with Crippen molar-refractivity contribution in [3.63, 3.8) is 0 Å². The Morgan fingerprint density at radius 1 is 1.25 bits per heavy atom. The SMILES string of the molecule is C=C(C)CCOCC1(CS)CCCCCC1. The quantitative estimate of drug-likeness (QED) is 0.317. The maximum Gasteiger partial charge on any atom is 0.0530 e. The topological polar surface area (TPSA) is 9.23 Å². The second-order valence-electron chi connectivity index (χ2n) is 5.33. The summed E-state index contributed by atoms with van der Waals surface area (Å²) >= 11 is 4.54. The summed E-state index contributed by atoms with van der Waals surface area (Å²) in [4.78, 5) is 0. The maximum absolute atomic E-state index is 5.82. The summed E-state index contributed by atoms with van der Waals surface area (Å²) in [6.45, 7) is 7.67. The molecule has 1 fully saturated rings. The Bertz CT molecular complexity index is 205. The van der Waals surface area contributed by atoms with Gasteiger partial charge in [0.2, 0.25) is 0 Å². The van der Waals surface area contributed by atoms with Gasteiger partial charge in [0.1, 0.15) is 0 Å². The summed E-state index contributed by atoms with van der Waals surface area (Å²) in [6, 6.07) is 0. The normalized spacial score (nSPS) is 20.4. The molecular formula is C14H26OS. The van der Waals surface area contributed by atoms with Crippen molar-refractivity contribution in [2.75, 3.05) is 19.0 Å². The summed E-state index contributed by atoms with van der Waals surface area (Å²) in [6.07, 6.45) is 9.06. The molecule has 1 nitrogen and oxygen atoms in total. The van der Waals surface area contributed by atoms with E-state index in [1.165, 1.54) is 44.1 Å². The third-order valence-electron chi connectivity index (χ3n) is 3.58. The van der Waals surface area contributed by atoms with Crippen LogP contribution in [0.3, 0.4) is 0 Å². The van der Waals surface area contributed by atoms with Crippen LogP contribution in [-0.4, -0.2) is 19.0 Å². The van der Waals surface area contributed by atoms with E-state index >= 15 is 0 Å². The lowest BCUT2D eigenvalue weighted by Crippen LogP contribution is -2.28. The number of ether oxygens (including phenoxy) is 1. The molecule has 0 saturated heterocycles. The van der Waals surface area contributed by atoms with E-state index in [1.54, 1.807) is 0 Å². The van der Waals surface area contributed by atoms with Gasteiger partial charge < -0.3 is 4.74 Å². The van der Waals surface area contributed by atoms with E-state index in [2.05, 4.69) is 26.1 Å². The van der Waals surface area contributed by atoms with Crippen molar-refractivity contribution in [2.24, 2.45) is 5.41 Å². The first-order valence-corrected chi connectivity index (χ1v) is 7.15. The van der Waals surface area contributed by atoms with Crippen LogP contribution in [-0.2, 0) is 4.74 Å². The average Bonchev–Trinajstić information content (AvgIpc) is 2.50. The molecule has 0 radical (unpaired) electrons. The molecule has 16 heavy (non-hydrogen) atoms. The fourth-order valence-electron chi connectivity index (χ4n) is 2.36. The van der Waals surface area contributed by atoms with Crippen molar-refractivity contribution in [3.8, 4) is 0 Å². The molecule has 2 heteroatoms. The third kappa shape index (κ3) is 4.92. The summed E-state index contributed by atoms with van der Waals surface area (Å²) < 4.78 is 5.82. The zero-order valence-electron chi connectivity index (χ0n) is 10.6. The van der Waals surface area contributed by atoms with Crippen LogP contribution in [0, 0.1) is 5.41 Å². The lowest BCUT2D eigenvalue weighted by molar-refractivity contribution is 0.0488. The van der Waals surface area contributed by atoms with Gasteiger partial charge in [-0.2, -0.15) is 12.6 Å². The molecule has 0 aromatic carbocycles. The fraction of sp³-hybridized carbons (Fsp3) is 0.857. The van der Waals surface area contributed by atoms with Gasteiger partial charge in [-0.15, -0.1) is 6.58 Å². The van der Waals surface area contributed by atoms with Gasteiger partial charge in [0, 0.05) is 5.41 Å². The number of hydrogen-bond donors (Lipinski definition) is 1. The van der Waals surface area contributed by atoms with Crippen LogP contribution in [0.4, 0.5) is 0 Å². The molecule has 0 unspecified atom stereocenters. The highest BCUT2D eigenvalue weighted by atomic mass is 32.1. The molecule has 0 amide bonds. The Kier molecular flexibility index (Phi) is 6.52. The monoisotopic (exact) mass is 242 g/mol. The van der Waals surface area contributed by atoms with E-state index in [0.717, 1.165) is 25.4 Å². The third-order valence-corrected chi connectivity index (χ3v) is 4.25. The largest absolute Gasteiger partial charge is 0.381 e. The van der Waals surface area contributed by atoms with E-state index in [1.807, 2.05) is 0 Å². The van der Waals surface area contributed by atoms with Gasteiger partial charge in [-0.05, 0) is 31.9 Å². The van der Waals surface area contributed by atoms with Gasteiger partial charge in [0.05, 0.1) is 13.2 Å². The standard InChI is InChI=1S/C14H26OS/c1-13(2)7-10-15-11-14(12-16)8-5-3-4-6-9-14/h16H,1,3-12H2,2H3. The first-order valence-electron chi connectivity index (χ1n) is 6.51. The Balaban J connectivity index is 2.30. The minimum Gasteiger partial charge on any atom is -0.381 e. The minimum absolute atomic E-state index is 0.356. The minimum atomic E-state index is 0.356. The molecule has 0 aliphatic heterocycles. The predicted octanol–water partition coefficient (Wildman–Crippen LogP) is 4.24. The molecule has 0 aromatic rings. The van der Waals surface area contributed by atoms with E-state index in [-0.39, 0.29) is 0 Å². The highest BCUT2D eigenvalue weighted by Gasteiger charge is 2.29. The van der Waals surface area contributed by atoms with E-state index in [9.17, 15) is 0 Å². The first kappa shape index (κ1) is 14.1. The van der Waals surface area contributed by atoms with Gasteiger partial charge in [-0.3, -0.25) is 0 Å². The summed E-state index contributed by atoms with van der Waals surface area (Å²) in [5.74, 6) is 0.972. The average molecular weight is 242 g/mol. The van der Waals surface area contributed by atoms with Crippen LogP contribution in [0.2, 0.25) is 0 Å². The Labute approximate surface area is 106 Å². The summed E-state index contributed by atoms with van der Waals surface area (Å²) in [5.41, 5.74) is 1.56. The van der Waals surface area contributed by atoms with Crippen LogP contribution in [0.5, 0.6) is 0 Å². The molecule has 0 bridgehead atoms. The molecule has 1 aliphatic carbocycles. The van der Waals surface area contributed by atoms with Gasteiger partial charge in [0.15, 0.2) is 0 Å². The second-order valence-corrected chi connectivity index (χ2v) is 5.65. The Hall–Kier alpha value is 0.0500. The molecule has 0 N–H and O–H groups in total. The van der Waals surface area contributed by atoms with Crippen LogP contribution >= 0.6 is 12.6 Å². The molecule has 0 aromatic heterocycles. The summed E-state index contributed by atoms with van der Waals surface area (Å²) in [7, 11) is 0. The van der Waals surface area contributed by atoms with Crippen LogP contribution in [0.25, 0.3) is 0 Å². The van der Waals surface area contributed by atoms with Crippen molar-refractivity contribution in [3.05, 3.63) is 12.2 Å². The maximum atomic E-state index is 5.82. The van der Waals surface area contributed by atoms with Gasteiger partial charge in [0.25, 0.3) is 0 Å². The summed E-state index contributed by atoms with van der Waals surface area (Å²) in [5, 5.41) is 0. The first-order chi connectivity index (χ1) is 7.68. The number of thiol groups is 1. The van der Waals surface area contributed by atoms with E-state index < -0.39 is 0 Å². The highest BCUT2D eigenvalue weighted by molar-refractivity contribution is 7.80. The van der Waals surface area contributed by atoms with E-state index in [4.69, 9.17) is 4.74 Å². The predicted molar refractivity (Wildman–Crippen MR) is 74.2 cm³/mol. The van der Waals surface area contributed by atoms with Crippen LogP contribution < -0.4 is 0 Å². The van der Waals surface area contributed by atoms with Crippen molar-refractivity contribution in [1.82, 2.24) is 0 Å². The lowest BCUT2D eigenvalue weighted by atomic mass is 9.83. The van der Waals surface area contributed by atoms with Gasteiger partial charge in [-0.25, -0.2) is 0 Å². The zero-order chi connectivity index (χ0) is 11.9. The van der Waals surface area contributed by atoms with Crippen molar-refractivity contribution >= 4 is 12.6 Å². The van der Waals surface area contributed by atoms with Crippen LogP contribution in [0.15, 0.2) is 12.2 Å². The molecule has 0 spiro atoms. The molecule has 1 rings (SSSR count). The molecule has 94 valence electrons. The molecule has 0 atom stereocenters. The van der Waals surface area contributed by atoms with Gasteiger partial charge in [-0.1, -0.05) is 31.3 Å². The van der Waals surface area contributed by atoms with Crippen LogP contribution in [0.1, 0.15) is 51.9 Å². The molecule has 1 saturated carbocycles. The highest BCUT2D eigenvalue weighted by Crippen LogP contribution is 2.36. The zero-order valence-corrected chi connectivity index (χ0v) is 11.5. The molecular weight excluding hydrogens is 216 g/mol. The smallest absolute Gasteiger partial charge is 0.0530 e. The second kappa shape index (κ2) is 7.39. The molecule has 0 heterocycles. The fourth-order valence-corrected chi connectivity index (χ4v) is 2.77. The number of hydrogen-bond acceptors (Lipinski definition) is 2. The van der Waals surface area contributed by atoms with E-state index in [0.29, 0.717) is 5.41 Å². The number of rotatable bonds is 6. The Morgan fingerprint density at radius 3 is 2.38 bits per heavy atom.